The van der Waals surface area contributed by atoms with E-state index >= 15 is 0 Å². The Bertz CT molecular complexity index is 1110. The van der Waals surface area contributed by atoms with Crippen LogP contribution in [-0.4, -0.2) is 50.7 Å². The van der Waals surface area contributed by atoms with Crippen LogP contribution in [0.25, 0.3) is 22.5 Å². The van der Waals surface area contributed by atoms with Crippen LogP contribution in [-0.2, 0) is 6.18 Å². The molecule has 1 aliphatic heterocycles. The van der Waals surface area contributed by atoms with Gasteiger partial charge in [-0.2, -0.15) is 18.4 Å². The number of halogens is 3. The normalized spacial score (nSPS) is 22.0. The number of nitrogens with one attached hydrogen (secondary N) is 1. The summed E-state index contributed by atoms with van der Waals surface area (Å²) in [6.07, 6.45) is -1.10. The second kappa shape index (κ2) is 8.71. The van der Waals surface area contributed by atoms with E-state index in [-0.39, 0.29) is 22.3 Å². The molecule has 2 unspecified atom stereocenters. The lowest BCUT2D eigenvalue weighted by Gasteiger charge is -2.45. The number of tetrazole rings is 1. The lowest BCUT2D eigenvalue weighted by atomic mass is 9.87. The molecule has 0 amide bonds. The van der Waals surface area contributed by atoms with E-state index in [9.17, 15) is 13.2 Å². The fraction of sp³-hybridized carbons (Fsp3) is 0.409. The van der Waals surface area contributed by atoms with Crippen molar-refractivity contribution in [3.05, 3.63) is 47.5 Å². The molecule has 1 aliphatic carbocycles. The standard InChI is InChI=1S/C22H24F3N7S/c23-22(24,25)16-9-8-15(19(20(16)33-27)21-28-30-31-29-21)13-6-4-12(5-7-13)14-10-32(11-14)18-3-1-2-17(18)26/h4-9,14,17-18H,1-3,10-11,26-27H2,(H,28,29,30,31). The van der Waals surface area contributed by atoms with Gasteiger partial charge in [-0.3, -0.25) is 10.0 Å². The molecule has 2 heterocycles. The number of aromatic amines is 1. The lowest BCUT2D eigenvalue weighted by Crippen LogP contribution is -2.54. The summed E-state index contributed by atoms with van der Waals surface area (Å²) in [6.45, 7) is 1.97. The first-order valence-electron chi connectivity index (χ1n) is 10.8. The number of hydrogen-bond donors (Lipinski definition) is 3. The monoisotopic (exact) mass is 475 g/mol. The van der Waals surface area contributed by atoms with Crippen LogP contribution in [0.2, 0.25) is 0 Å². The molecule has 1 aromatic heterocycles. The number of likely N-dealkylation sites (tertiary alicyclic amines) is 1. The second-order valence-corrected chi connectivity index (χ2v) is 9.29. The molecule has 3 aromatic rings. The Kier molecular flexibility index (Phi) is 5.89. The number of rotatable bonds is 5. The molecule has 7 nitrogen and oxygen atoms in total. The summed E-state index contributed by atoms with van der Waals surface area (Å²) < 4.78 is 40.8. The molecule has 5 N–H and O–H groups in total. The van der Waals surface area contributed by atoms with Gasteiger partial charge in [-0.15, -0.1) is 10.2 Å². The molecule has 33 heavy (non-hydrogen) atoms. The minimum Gasteiger partial charge on any atom is -0.326 e. The molecule has 0 bridgehead atoms. The van der Waals surface area contributed by atoms with Crippen molar-refractivity contribution in [2.75, 3.05) is 13.1 Å². The topological polar surface area (TPSA) is 110 Å². The van der Waals surface area contributed by atoms with Gasteiger partial charge < -0.3 is 5.73 Å². The highest BCUT2D eigenvalue weighted by atomic mass is 32.2. The highest BCUT2D eigenvalue weighted by molar-refractivity contribution is 7.97. The molecular weight excluding hydrogens is 451 g/mol. The van der Waals surface area contributed by atoms with Crippen molar-refractivity contribution in [1.82, 2.24) is 25.5 Å². The predicted octanol–water partition coefficient (Wildman–Crippen LogP) is 3.80. The number of nitrogens with two attached hydrogens (primary N) is 2. The van der Waals surface area contributed by atoms with Gasteiger partial charge in [0.25, 0.3) is 0 Å². The Morgan fingerprint density at radius 2 is 1.82 bits per heavy atom. The average molecular weight is 476 g/mol. The Morgan fingerprint density at radius 1 is 1.06 bits per heavy atom. The zero-order chi connectivity index (χ0) is 23.2. The number of nitrogens with zero attached hydrogens (tertiary/aromatic N) is 4. The van der Waals surface area contributed by atoms with Crippen molar-refractivity contribution in [2.45, 2.75) is 48.3 Å². The van der Waals surface area contributed by atoms with Crippen molar-refractivity contribution in [2.24, 2.45) is 10.9 Å². The fourth-order valence-electron chi connectivity index (χ4n) is 5.01. The fourth-order valence-corrected chi connectivity index (χ4v) is 5.64. The molecule has 1 saturated heterocycles. The van der Waals surface area contributed by atoms with Crippen LogP contribution < -0.4 is 10.9 Å². The maximum Gasteiger partial charge on any atom is 0.417 e. The molecule has 2 atom stereocenters. The largest absolute Gasteiger partial charge is 0.417 e. The molecule has 2 aliphatic rings. The van der Waals surface area contributed by atoms with Crippen LogP contribution in [0.15, 0.2) is 41.3 Å². The van der Waals surface area contributed by atoms with Crippen LogP contribution in [0.1, 0.15) is 36.3 Å². The third-order valence-electron chi connectivity index (χ3n) is 6.75. The second-order valence-electron chi connectivity index (χ2n) is 8.65. The molecule has 1 saturated carbocycles. The summed E-state index contributed by atoms with van der Waals surface area (Å²) in [5, 5.41) is 19.4. The summed E-state index contributed by atoms with van der Waals surface area (Å²) in [4.78, 5) is 2.33. The molecule has 0 radical (unpaired) electrons. The van der Waals surface area contributed by atoms with E-state index < -0.39 is 11.7 Å². The van der Waals surface area contributed by atoms with Gasteiger partial charge >= 0.3 is 6.18 Å². The van der Waals surface area contributed by atoms with Gasteiger partial charge in [0.1, 0.15) is 0 Å². The maximum atomic E-state index is 13.6. The van der Waals surface area contributed by atoms with E-state index in [1.165, 1.54) is 24.5 Å². The zero-order valence-electron chi connectivity index (χ0n) is 17.7. The molecular formula is C22H24F3N7S. The summed E-state index contributed by atoms with van der Waals surface area (Å²) in [5.41, 5.74) is 8.16. The van der Waals surface area contributed by atoms with Crippen LogP contribution in [0.3, 0.4) is 0 Å². The Morgan fingerprint density at radius 3 is 2.39 bits per heavy atom. The molecule has 2 aromatic carbocycles. The Balaban J connectivity index is 1.44. The Labute approximate surface area is 193 Å². The van der Waals surface area contributed by atoms with E-state index in [1.54, 1.807) is 0 Å². The first-order valence-corrected chi connectivity index (χ1v) is 11.7. The first kappa shape index (κ1) is 22.3. The highest BCUT2D eigenvalue weighted by Crippen LogP contribution is 2.44. The van der Waals surface area contributed by atoms with E-state index in [4.69, 9.17) is 10.9 Å². The van der Waals surface area contributed by atoms with Gasteiger partial charge in [0.15, 0.2) is 0 Å². The maximum absolute atomic E-state index is 13.6. The van der Waals surface area contributed by atoms with Gasteiger partial charge in [-0.05, 0) is 52.8 Å². The van der Waals surface area contributed by atoms with Crippen LogP contribution in [0.4, 0.5) is 13.2 Å². The number of benzene rings is 2. The number of aromatic nitrogens is 4. The zero-order valence-corrected chi connectivity index (χ0v) is 18.5. The quantitative estimate of drug-likeness (QED) is 0.482. The van der Waals surface area contributed by atoms with Gasteiger partial charge in [-0.25, -0.2) is 0 Å². The van der Waals surface area contributed by atoms with Crippen LogP contribution in [0.5, 0.6) is 0 Å². The van der Waals surface area contributed by atoms with Crippen molar-refractivity contribution >= 4 is 11.9 Å². The number of hydrogen-bond acceptors (Lipinski definition) is 7. The van der Waals surface area contributed by atoms with Gasteiger partial charge in [0.2, 0.25) is 5.82 Å². The minimum absolute atomic E-state index is 0.0654. The molecule has 2 fully saturated rings. The van der Waals surface area contributed by atoms with Crippen molar-refractivity contribution in [1.29, 1.82) is 0 Å². The number of alkyl halides is 3. The van der Waals surface area contributed by atoms with Crippen molar-refractivity contribution in [3.63, 3.8) is 0 Å². The smallest absolute Gasteiger partial charge is 0.326 e. The van der Waals surface area contributed by atoms with Crippen molar-refractivity contribution < 1.29 is 13.2 Å². The third-order valence-corrected chi connectivity index (χ3v) is 7.41. The van der Waals surface area contributed by atoms with Gasteiger partial charge in [-0.1, -0.05) is 36.8 Å². The SMILES string of the molecule is NSc1c(C(F)(F)F)ccc(-c2ccc(C3CN(C4CCCC4N)C3)cc2)c1-c1nn[nH]n1. The summed E-state index contributed by atoms with van der Waals surface area (Å²) >= 11 is 0.532. The summed E-state index contributed by atoms with van der Waals surface area (Å²) in [6, 6.07) is 11.2. The molecule has 174 valence electrons. The van der Waals surface area contributed by atoms with E-state index in [2.05, 4.69) is 25.5 Å². The van der Waals surface area contributed by atoms with Crippen molar-refractivity contribution in [3.8, 4) is 22.5 Å². The highest BCUT2D eigenvalue weighted by Gasteiger charge is 2.38. The lowest BCUT2D eigenvalue weighted by molar-refractivity contribution is -0.139. The first-order chi connectivity index (χ1) is 15.9. The van der Waals surface area contributed by atoms with Crippen LogP contribution >= 0.6 is 11.9 Å². The van der Waals surface area contributed by atoms with Crippen LogP contribution in [0, 0.1) is 0 Å². The predicted molar refractivity (Wildman–Crippen MR) is 120 cm³/mol. The summed E-state index contributed by atoms with van der Waals surface area (Å²) in [5.74, 6) is 0.502. The van der Waals surface area contributed by atoms with E-state index in [1.807, 2.05) is 24.3 Å². The third kappa shape index (κ3) is 4.14. The van der Waals surface area contributed by atoms with Gasteiger partial charge in [0, 0.05) is 41.6 Å². The number of H-pyrrole nitrogens is 1. The Hall–Kier alpha value is -2.47. The van der Waals surface area contributed by atoms with E-state index in [0.717, 1.165) is 31.1 Å². The van der Waals surface area contributed by atoms with E-state index in [0.29, 0.717) is 29.5 Å². The minimum atomic E-state index is -4.56. The summed E-state index contributed by atoms with van der Waals surface area (Å²) in [7, 11) is 0. The molecule has 5 rings (SSSR count). The molecule has 0 spiro atoms. The van der Waals surface area contributed by atoms with Gasteiger partial charge in [0.05, 0.1) is 5.56 Å². The molecule has 11 heteroatoms. The average Bonchev–Trinajstić information content (AvgIpc) is 3.44.